The molecule has 0 radical (unpaired) electrons. The Kier molecular flexibility index (Phi) is 2.80. The number of hydrogen-bond acceptors (Lipinski definition) is 5. The molecule has 6 nitrogen and oxygen atoms in total. The van der Waals surface area contributed by atoms with Crippen LogP contribution in [0.3, 0.4) is 0 Å². The van der Waals surface area contributed by atoms with Gasteiger partial charge in [-0.1, -0.05) is 11.6 Å². The molecule has 1 heterocycles. The Morgan fingerprint density at radius 1 is 1.25 bits per heavy atom. The van der Waals surface area contributed by atoms with E-state index in [-0.39, 0.29) is 11.4 Å². The van der Waals surface area contributed by atoms with Gasteiger partial charge in [-0.2, -0.15) is 0 Å². The summed E-state index contributed by atoms with van der Waals surface area (Å²) >= 11 is 5.87. The van der Waals surface area contributed by atoms with Crippen molar-refractivity contribution in [3.05, 3.63) is 51.5 Å². The first-order chi connectivity index (χ1) is 9.54. The minimum absolute atomic E-state index is 0.0783. The maximum atomic E-state index is 10.7. The maximum Gasteiger partial charge on any atom is 0.271 e. The van der Waals surface area contributed by atoms with Crippen molar-refractivity contribution >= 4 is 34.1 Å². The average Bonchev–Trinajstić information content (AvgIpc) is 2.80. The number of nitro groups is 1. The van der Waals surface area contributed by atoms with E-state index in [1.165, 1.54) is 18.2 Å². The number of nitrogen functional groups attached to an aromatic ring is 1. The molecular formula is C13H8ClN3O3. The minimum atomic E-state index is -0.508. The number of halogens is 1. The van der Waals surface area contributed by atoms with Crippen LogP contribution >= 0.6 is 11.6 Å². The number of non-ortho nitro benzene ring substituents is 1. The van der Waals surface area contributed by atoms with Gasteiger partial charge >= 0.3 is 0 Å². The molecule has 100 valence electrons. The third-order valence-electron chi connectivity index (χ3n) is 2.83. The molecule has 0 saturated heterocycles. The van der Waals surface area contributed by atoms with Gasteiger partial charge in [0.25, 0.3) is 5.69 Å². The number of nitro benzene ring substituents is 1. The molecule has 20 heavy (non-hydrogen) atoms. The molecule has 1 aromatic heterocycles. The number of hydrogen-bond donors (Lipinski definition) is 1. The predicted octanol–water partition coefficient (Wildman–Crippen LogP) is 3.64. The highest BCUT2D eigenvalue weighted by Gasteiger charge is 2.14. The van der Waals surface area contributed by atoms with E-state index < -0.39 is 4.92 Å². The molecule has 0 aliphatic heterocycles. The molecule has 2 N–H and O–H groups in total. The lowest BCUT2D eigenvalue weighted by molar-refractivity contribution is -0.384. The van der Waals surface area contributed by atoms with Crippen LogP contribution < -0.4 is 5.73 Å². The van der Waals surface area contributed by atoms with Gasteiger partial charge in [-0.25, -0.2) is 4.98 Å². The largest absolute Gasteiger partial charge is 0.436 e. The van der Waals surface area contributed by atoms with Crippen LogP contribution in [0.4, 0.5) is 11.4 Å². The van der Waals surface area contributed by atoms with E-state index in [0.29, 0.717) is 27.6 Å². The van der Waals surface area contributed by atoms with Crippen LogP contribution in [0.1, 0.15) is 0 Å². The first-order valence-electron chi connectivity index (χ1n) is 5.65. The summed E-state index contributed by atoms with van der Waals surface area (Å²) in [6.07, 6.45) is 0. The lowest BCUT2D eigenvalue weighted by Crippen LogP contribution is -1.94. The lowest BCUT2D eigenvalue weighted by atomic mass is 10.1. The highest BCUT2D eigenvalue weighted by molar-refractivity contribution is 6.31. The van der Waals surface area contributed by atoms with Crippen molar-refractivity contribution < 1.29 is 9.34 Å². The van der Waals surface area contributed by atoms with Gasteiger partial charge in [0.2, 0.25) is 5.89 Å². The molecule has 2 aromatic carbocycles. The molecule has 0 unspecified atom stereocenters. The van der Waals surface area contributed by atoms with Crippen LogP contribution in [0.2, 0.25) is 5.02 Å². The first kappa shape index (κ1) is 12.4. The number of nitrogens with zero attached hydrogens (tertiary/aromatic N) is 2. The van der Waals surface area contributed by atoms with E-state index in [4.69, 9.17) is 21.8 Å². The normalized spacial score (nSPS) is 10.8. The van der Waals surface area contributed by atoms with Crippen molar-refractivity contribution in [2.24, 2.45) is 0 Å². The Labute approximate surface area is 117 Å². The van der Waals surface area contributed by atoms with E-state index in [2.05, 4.69) is 4.98 Å². The van der Waals surface area contributed by atoms with Crippen LogP contribution in [0.15, 0.2) is 40.8 Å². The Morgan fingerprint density at radius 2 is 2.05 bits per heavy atom. The van der Waals surface area contributed by atoms with Gasteiger partial charge in [-0.15, -0.1) is 0 Å². The molecule has 0 aliphatic rings. The summed E-state index contributed by atoms with van der Waals surface area (Å²) in [6.45, 7) is 0. The summed E-state index contributed by atoms with van der Waals surface area (Å²) in [6, 6.07) is 9.22. The van der Waals surface area contributed by atoms with Crippen molar-refractivity contribution in [2.75, 3.05) is 5.73 Å². The standard InChI is InChI=1S/C13H8ClN3O3/c14-7-1-4-11-12(5-7)20-13(16-11)9-3-2-8(17(18)19)6-10(9)15/h1-6H,15H2. The van der Waals surface area contributed by atoms with Crippen molar-refractivity contribution in [2.45, 2.75) is 0 Å². The number of oxazole rings is 1. The third kappa shape index (κ3) is 2.06. The van der Waals surface area contributed by atoms with E-state index in [9.17, 15) is 10.1 Å². The summed E-state index contributed by atoms with van der Waals surface area (Å²) in [5.74, 6) is 0.301. The zero-order valence-electron chi connectivity index (χ0n) is 10.0. The van der Waals surface area contributed by atoms with Gasteiger partial charge in [-0.05, 0) is 18.2 Å². The fourth-order valence-corrected chi connectivity index (χ4v) is 2.03. The smallest absolute Gasteiger partial charge is 0.271 e. The number of anilines is 1. The fourth-order valence-electron chi connectivity index (χ4n) is 1.87. The number of rotatable bonds is 2. The monoisotopic (exact) mass is 289 g/mol. The number of benzene rings is 2. The molecule has 0 aliphatic carbocycles. The SMILES string of the molecule is Nc1cc([N+](=O)[O-])ccc1-c1nc2ccc(Cl)cc2o1. The maximum absolute atomic E-state index is 10.7. The highest BCUT2D eigenvalue weighted by atomic mass is 35.5. The van der Waals surface area contributed by atoms with E-state index in [0.717, 1.165) is 0 Å². The minimum Gasteiger partial charge on any atom is -0.436 e. The van der Waals surface area contributed by atoms with Gasteiger partial charge in [-0.3, -0.25) is 10.1 Å². The second-order valence-electron chi connectivity index (χ2n) is 4.16. The molecule has 3 rings (SSSR count). The van der Waals surface area contributed by atoms with Gasteiger partial charge in [0, 0.05) is 23.2 Å². The zero-order valence-corrected chi connectivity index (χ0v) is 10.8. The van der Waals surface area contributed by atoms with Gasteiger partial charge in [0.05, 0.1) is 16.2 Å². The first-order valence-corrected chi connectivity index (χ1v) is 6.03. The second-order valence-corrected chi connectivity index (χ2v) is 4.60. The summed E-state index contributed by atoms with van der Waals surface area (Å²) in [7, 11) is 0. The molecule has 0 amide bonds. The topological polar surface area (TPSA) is 95.2 Å². The summed E-state index contributed by atoms with van der Waals surface area (Å²) in [5.41, 5.74) is 7.64. The number of fused-ring (bicyclic) bond motifs is 1. The van der Waals surface area contributed by atoms with E-state index in [1.54, 1.807) is 18.2 Å². The lowest BCUT2D eigenvalue weighted by Gasteiger charge is -2.00. The molecule has 0 atom stereocenters. The van der Waals surface area contributed by atoms with E-state index >= 15 is 0 Å². The third-order valence-corrected chi connectivity index (χ3v) is 3.06. The molecule has 0 fully saturated rings. The molecular weight excluding hydrogens is 282 g/mol. The quantitative estimate of drug-likeness (QED) is 0.441. The zero-order chi connectivity index (χ0) is 14.3. The van der Waals surface area contributed by atoms with Crippen LogP contribution in [0.25, 0.3) is 22.6 Å². The van der Waals surface area contributed by atoms with Crippen molar-refractivity contribution in [1.29, 1.82) is 0 Å². The Balaban J connectivity index is 2.13. The molecule has 0 bridgehead atoms. The van der Waals surface area contributed by atoms with Crippen molar-refractivity contribution in [3.8, 4) is 11.5 Å². The number of aromatic nitrogens is 1. The van der Waals surface area contributed by atoms with Gasteiger partial charge in [0.15, 0.2) is 5.58 Å². The molecule has 0 saturated carbocycles. The highest BCUT2D eigenvalue weighted by Crippen LogP contribution is 2.31. The van der Waals surface area contributed by atoms with Crippen LogP contribution in [-0.4, -0.2) is 9.91 Å². The van der Waals surface area contributed by atoms with Gasteiger partial charge in [0.1, 0.15) is 5.52 Å². The Hall–Kier alpha value is -2.60. The molecule has 7 heteroatoms. The second kappa shape index (κ2) is 4.50. The molecule has 0 spiro atoms. The molecule has 3 aromatic rings. The fraction of sp³-hybridized carbons (Fsp3) is 0. The summed E-state index contributed by atoms with van der Waals surface area (Å²) < 4.78 is 5.57. The van der Waals surface area contributed by atoms with Gasteiger partial charge < -0.3 is 10.2 Å². The average molecular weight is 290 g/mol. The van der Waals surface area contributed by atoms with E-state index in [1.807, 2.05) is 0 Å². The Bertz CT molecular complexity index is 829. The van der Waals surface area contributed by atoms with Crippen LogP contribution in [0.5, 0.6) is 0 Å². The van der Waals surface area contributed by atoms with Crippen molar-refractivity contribution in [3.63, 3.8) is 0 Å². The Morgan fingerprint density at radius 3 is 2.75 bits per heavy atom. The predicted molar refractivity (Wildman–Crippen MR) is 75.5 cm³/mol. The van der Waals surface area contributed by atoms with Crippen LogP contribution in [-0.2, 0) is 0 Å². The summed E-state index contributed by atoms with van der Waals surface area (Å²) in [4.78, 5) is 14.5. The van der Waals surface area contributed by atoms with Crippen molar-refractivity contribution in [1.82, 2.24) is 4.98 Å². The summed E-state index contributed by atoms with van der Waals surface area (Å²) in [5, 5.41) is 11.2. The number of nitrogens with two attached hydrogens (primary N) is 1. The van der Waals surface area contributed by atoms with Crippen LogP contribution in [0, 0.1) is 10.1 Å².